The minimum absolute atomic E-state index is 0.0556. The van der Waals surface area contributed by atoms with Crippen molar-refractivity contribution in [3.05, 3.63) is 81.9 Å². The molecule has 0 unspecified atom stereocenters. The van der Waals surface area contributed by atoms with E-state index >= 15 is 0 Å². The number of carbonyl (C=O) groups is 3. The number of hydrogen-bond donors (Lipinski definition) is 0. The van der Waals surface area contributed by atoms with Crippen molar-refractivity contribution in [1.29, 1.82) is 0 Å². The molecule has 2 amide bonds. The van der Waals surface area contributed by atoms with Crippen molar-refractivity contribution in [3.8, 4) is 0 Å². The molecule has 0 atom stereocenters. The van der Waals surface area contributed by atoms with E-state index in [-0.39, 0.29) is 42.8 Å². The number of benzene rings is 3. The molecule has 0 aromatic heterocycles. The van der Waals surface area contributed by atoms with Crippen molar-refractivity contribution in [2.45, 2.75) is 59.5 Å². The van der Waals surface area contributed by atoms with Crippen LogP contribution in [0.4, 0.5) is 0 Å². The fraction of sp³-hybridized carbons (Fsp3) is 0.345. The predicted octanol–water partition coefficient (Wildman–Crippen LogP) is 5.87. The van der Waals surface area contributed by atoms with Crippen LogP contribution < -0.4 is 0 Å². The SMILES string of the molecule is Cc1cc(C(C)(C)C)cc(C)c1COC(=O)CCCN1C(=O)c2cccc3cccc(c23)C1=O. The smallest absolute Gasteiger partial charge is 0.306 e. The van der Waals surface area contributed by atoms with Crippen LogP contribution in [0.1, 0.15) is 76.6 Å². The van der Waals surface area contributed by atoms with Crippen molar-refractivity contribution in [2.75, 3.05) is 6.54 Å². The van der Waals surface area contributed by atoms with Gasteiger partial charge in [0.1, 0.15) is 6.61 Å². The summed E-state index contributed by atoms with van der Waals surface area (Å²) in [4.78, 5) is 39.6. The number of carbonyl (C=O) groups excluding carboxylic acids is 3. The van der Waals surface area contributed by atoms with Crippen molar-refractivity contribution in [3.63, 3.8) is 0 Å². The van der Waals surface area contributed by atoms with E-state index in [1.54, 1.807) is 12.1 Å². The van der Waals surface area contributed by atoms with Gasteiger partial charge in [-0.1, -0.05) is 57.2 Å². The average molecular weight is 458 g/mol. The predicted molar refractivity (Wildman–Crippen MR) is 133 cm³/mol. The van der Waals surface area contributed by atoms with Gasteiger partial charge in [0.25, 0.3) is 11.8 Å². The Morgan fingerprint density at radius 3 is 2.00 bits per heavy atom. The Labute approximate surface area is 200 Å². The van der Waals surface area contributed by atoms with Gasteiger partial charge in [0.15, 0.2) is 0 Å². The Bertz CT molecular complexity index is 1230. The lowest BCUT2D eigenvalue weighted by Gasteiger charge is -2.27. The molecule has 4 rings (SSSR count). The summed E-state index contributed by atoms with van der Waals surface area (Å²) < 4.78 is 5.53. The minimum atomic E-state index is -0.335. The molecule has 5 heteroatoms. The van der Waals surface area contributed by atoms with E-state index in [9.17, 15) is 14.4 Å². The lowest BCUT2D eigenvalue weighted by Crippen LogP contribution is -2.41. The highest BCUT2D eigenvalue weighted by molar-refractivity contribution is 6.25. The highest BCUT2D eigenvalue weighted by Gasteiger charge is 2.32. The van der Waals surface area contributed by atoms with E-state index in [2.05, 4.69) is 32.9 Å². The molecule has 3 aromatic carbocycles. The number of aryl methyl sites for hydroxylation is 2. The fourth-order valence-electron chi connectivity index (χ4n) is 4.54. The van der Waals surface area contributed by atoms with E-state index < -0.39 is 0 Å². The maximum absolute atomic E-state index is 13.0. The summed E-state index contributed by atoms with van der Waals surface area (Å²) in [7, 11) is 0. The number of ether oxygens (including phenoxy) is 1. The normalized spacial score (nSPS) is 13.5. The summed E-state index contributed by atoms with van der Waals surface area (Å²) in [6.07, 6.45) is 0.496. The Balaban J connectivity index is 1.36. The molecule has 0 saturated carbocycles. The first-order valence-corrected chi connectivity index (χ1v) is 11.7. The third-order valence-electron chi connectivity index (χ3n) is 6.56. The molecule has 1 heterocycles. The quantitative estimate of drug-likeness (QED) is 0.343. The van der Waals surface area contributed by atoms with Crippen LogP contribution in [0, 0.1) is 13.8 Å². The number of amides is 2. The monoisotopic (exact) mass is 457 g/mol. The summed E-state index contributed by atoms with van der Waals surface area (Å²) in [6.45, 7) is 11.0. The molecule has 0 fully saturated rings. The number of imide groups is 1. The van der Waals surface area contributed by atoms with Crippen LogP contribution in [0.3, 0.4) is 0 Å². The van der Waals surface area contributed by atoms with Gasteiger partial charge in [0, 0.05) is 29.5 Å². The number of rotatable bonds is 6. The summed E-state index contributed by atoms with van der Waals surface area (Å²) in [6, 6.07) is 15.2. The molecule has 34 heavy (non-hydrogen) atoms. The maximum atomic E-state index is 13.0. The second-order valence-electron chi connectivity index (χ2n) is 10.1. The first kappa shape index (κ1) is 23.7. The first-order valence-electron chi connectivity index (χ1n) is 11.7. The van der Waals surface area contributed by atoms with Gasteiger partial charge in [-0.25, -0.2) is 0 Å². The molecule has 0 bridgehead atoms. The maximum Gasteiger partial charge on any atom is 0.306 e. The summed E-state index contributed by atoms with van der Waals surface area (Å²) >= 11 is 0. The van der Waals surface area contributed by atoms with Crippen molar-refractivity contribution >= 4 is 28.6 Å². The van der Waals surface area contributed by atoms with Gasteiger partial charge < -0.3 is 4.74 Å². The molecule has 176 valence electrons. The van der Waals surface area contributed by atoms with E-state index in [1.165, 1.54) is 10.5 Å². The molecule has 1 aliphatic heterocycles. The van der Waals surface area contributed by atoms with E-state index in [1.807, 2.05) is 38.1 Å². The third-order valence-corrected chi connectivity index (χ3v) is 6.56. The molecule has 3 aromatic rings. The second kappa shape index (κ2) is 9.05. The van der Waals surface area contributed by atoms with Gasteiger partial charge in [-0.05, 0) is 65.5 Å². The Morgan fingerprint density at radius 1 is 0.912 bits per heavy atom. The highest BCUT2D eigenvalue weighted by Crippen LogP contribution is 2.30. The number of nitrogens with zero attached hydrogens (tertiary/aromatic N) is 1. The summed E-state index contributed by atoms with van der Waals surface area (Å²) in [5, 5.41) is 1.58. The third kappa shape index (κ3) is 4.47. The zero-order valence-electron chi connectivity index (χ0n) is 20.5. The van der Waals surface area contributed by atoms with Crippen LogP contribution in [0.15, 0.2) is 48.5 Å². The standard InChI is InChI=1S/C29H31NO4/c1-18-15-21(29(3,4)5)16-19(2)24(18)17-34-25(31)13-8-14-30-27(32)22-11-6-9-20-10-7-12-23(26(20)22)28(30)33/h6-7,9-12,15-16H,8,13-14,17H2,1-5H3. The molecule has 0 spiro atoms. The molecule has 0 saturated heterocycles. The molecule has 0 radical (unpaired) electrons. The highest BCUT2D eigenvalue weighted by atomic mass is 16.5. The van der Waals surface area contributed by atoms with Gasteiger partial charge in [0.2, 0.25) is 0 Å². The molecule has 0 aliphatic carbocycles. The summed E-state index contributed by atoms with van der Waals surface area (Å²) in [5.41, 5.74) is 5.60. The van der Waals surface area contributed by atoms with Gasteiger partial charge >= 0.3 is 5.97 Å². The molecule has 5 nitrogen and oxygen atoms in total. The van der Waals surface area contributed by atoms with Crippen molar-refractivity contribution < 1.29 is 19.1 Å². The van der Waals surface area contributed by atoms with E-state index in [0.29, 0.717) is 22.9 Å². The lowest BCUT2D eigenvalue weighted by molar-refractivity contribution is -0.145. The Kier molecular flexibility index (Phi) is 6.30. The fourth-order valence-corrected chi connectivity index (χ4v) is 4.54. The minimum Gasteiger partial charge on any atom is -0.461 e. The zero-order valence-corrected chi connectivity index (χ0v) is 20.5. The lowest BCUT2D eigenvalue weighted by atomic mass is 9.84. The van der Waals surface area contributed by atoms with Crippen LogP contribution in [0.2, 0.25) is 0 Å². The van der Waals surface area contributed by atoms with E-state index in [4.69, 9.17) is 4.74 Å². The zero-order chi connectivity index (χ0) is 24.6. The largest absolute Gasteiger partial charge is 0.461 e. The van der Waals surface area contributed by atoms with Crippen LogP contribution in [0.5, 0.6) is 0 Å². The van der Waals surface area contributed by atoms with Gasteiger partial charge in [-0.15, -0.1) is 0 Å². The average Bonchev–Trinajstić information content (AvgIpc) is 2.78. The molecular formula is C29H31NO4. The topological polar surface area (TPSA) is 63.7 Å². The van der Waals surface area contributed by atoms with Crippen molar-refractivity contribution in [1.82, 2.24) is 4.90 Å². The van der Waals surface area contributed by atoms with Crippen LogP contribution in [0.25, 0.3) is 10.8 Å². The second-order valence-corrected chi connectivity index (χ2v) is 10.1. The van der Waals surface area contributed by atoms with Gasteiger partial charge in [0.05, 0.1) is 0 Å². The van der Waals surface area contributed by atoms with Gasteiger partial charge in [-0.2, -0.15) is 0 Å². The van der Waals surface area contributed by atoms with Crippen LogP contribution in [-0.2, 0) is 21.6 Å². The van der Waals surface area contributed by atoms with Crippen LogP contribution in [-0.4, -0.2) is 29.2 Å². The molecule has 0 N–H and O–H groups in total. The summed E-state index contributed by atoms with van der Waals surface area (Å²) in [5.74, 6) is -0.959. The van der Waals surface area contributed by atoms with Crippen LogP contribution >= 0.6 is 0 Å². The Morgan fingerprint density at radius 2 is 1.47 bits per heavy atom. The molecular weight excluding hydrogens is 426 g/mol. The molecule has 1 aliphatic rings. The Hall–Kier alpha value is -3.47. The van der Waals surface area contributed by atoms with Gasteiger partial charge in [-0.3, -0.25) is 19.3 Å². The number of hydrogen-bond acceptors (Lipinski definition) is 4. The number of esters is 1. The van der Waals surface area contributed by atoms with Crippen molar-refractivity contribution in [2.24, 2.45) is 0 Å². The first-order chi connectivity index (χ1) is 16.1. The van der Waals surface area contributed by atoms with E-state index in [0.717, 1.165) is 22.1 Å².